The van der Waals surface area contributed by atoms with E-state index in [2.05, 4.69) is 9.73 Å². The molecular formula is C24H32N2O7. The van der Waals surface area contributed by atoms with Gasteiger partial charge in [-0.15, -0.1) is 0 Å². The number of aliphatic imine (C=N–C) groups is 1. The first-order chi connectivity index (χ1) is 16.0. The number of Topliss-reactive ketones (excluding diaryl/α,β-unsaturated/α-hetero) is 1. The number of nitrogens with zero attached hydrogens (tertiary/aromatic N) is 2. The number of benzene rings is 1. The van der Waals surface area contributed by atoms with E-state index in [4.69, 9.17) is 14.2 Å². The number of amides is 1. The highest BCUT2D eigenvalue weighted by atomic mass is 16.5. The molecule has 1 saturated heterocycles. The molecule has 0 N–H and O–H groups in total. The van der Waals surface area contributed by atoms with Gasteiger partial charge >= 0.3 is 5.97 Å². The van der Waals surface area contributed by atoms with Crippen LogP contribution in [0, 0.1) is 5.92 Å². The Morgan fingerprint density at radius 1 is 1.06 bits per heavy atom. The van der Waals surface area contributed by atoms with Gasteiger partial charge in [-0.25, -0.2) is 0 Å². The first-order valence-corrected chi connectivity index (χ1v) is 11.3. The Hall–Kier alpha value is -2.94. The summed E-state index contributed by atoms with van der Waals surface area (Å²) < 4.78 is 21.1. The molecule has 2 aliphatic rings. The van der Waals surface area contributed by atoms with Crippen molar-refractivity contribution in [2.45, 2.75) is 44.6 Å². The number of fused-ring (bicyclic) bond motifs is 2. The van der Waals surface area contributed by atoms with Crippen LogP contribution in [0.4, 0.5) is 5.69 Å². The highest BCUT2D eigenvalue weighted by Gasteiger charge is 2.39. The van der Waals surface area contributed by atoms with Crippen LogP contribution in [0.25, 0.3) is 0 Å². The van der Waals surface area contributed by atoms with Crippen LogP contribution in [0.15, 0.2) is 17.1 Å². The molecule has 2 heterocycles. The van der Waals surface area contributed by atoms with Crippen LogP contribution in [-0.4, -0.2) is 75.9 Å². The summed E-state index contributed by atoms with van der Waals surface area (Å²) in [5.74, 6) is 0.929. The predicted octanol–water partition coefficient (Wildman–Crippen LogP) is 2.96. The number of methoxy groups -OCH3 is 3. The maximum atomic E-state index is 13.2. The summed E-state index contributed by atoms with van der Waals surface area (Å²) in [6, 6.07) is 3.27. The van der Waals surface area contributed by atoms with Crippen LogP contribution in [0.5, 0.6) is 11.5 Å². The maximum Gasteiger partial charge on any atom is 0.305 e. The van der Waals surface area contributed by atoms with Gasteiger partial charge < -0.3 is 23.8 Å². The lowest BCUT2D eigenvalue weighted by Crippen LogP contribution is -2.39. The second-order valence-electron chi connectivity index (χ2n) is 8.19. The molecule has 0 aromatic heterocycles. The van der Waals surface area contributed by atoms with Gasteiger partial charge in [-0.2, -0.15) is 0 Å². The summed E-state index contributed by atoms with van der Waals surface area (Å²) in [4.78, 5) is 42.6. The molecule has 0 radical (unpaired) electrons. The van der Waals surface area contributed by atoms with E-state index < -0.39 is 0 Å². The average molecular weight is 461 g/mol. The molecule has 1 amide bonds. The maximum absolute atomic E-state index is 13.2. The van der Waals surface area contributed by atoms with Crippen molar-refractivity contribution < 1.29 is 33.3 Å². The lowest BCUT2D eigenvalue weighted by atomic mass is 10.0. The minimum atomic E-state index is -0.293. The van der Waals surface area contributed by atoms with E-state index in [1.54, 1.807) is 19.2 Å². The number of rotatable bonds is 12. The standard InChI is InChI=1S/C24H32N2O7/c1-30-21-12-18-19(13-22(21)31-2)25-14-20-16(9-10-26(20)24(18)29)15-33-11-5-7-17(27)6-4-8-23(28)32-3/h12-14,16,20H,4-11,15H2,1-3H3/t16-,20+/m0/s1. The molecule has 180 valence electrons. The van der Waals surface area contributed by atoms with Gasteiger partial charge in [0.25, 0.3) is 5.91 Å². The van der Waals surface area contributed by atoms with Crippen molar-refractivity contribution in [1.29, 1.82) is 0 Å². The Morgan fingerprint density at radius 2 is 1.79 bits per heavy atom. The number of carbonyl (C=O) groups is 3. The molecule has 2 atom stereocenters. The highest BCUT2D eigenvalue weighted by molar-refractivity contribution is 6.03. The third-order valence-electron chi connectivity index (χ3n) is 6.08. The Morgan fingerprint density at radius 3 is 2.52 bits per heavy atom. The minimum Gasteiger partial charge on any atom is -0.493 e. The second kappa shape index (κ2) is 11.8. The van der Waals surface area contributed by atoms with E-state index in [1.807, 2.05) is 11.1 Å². The number of hydrogen-bond acceptors (Lipinski definition) is 8. The van der Waals surface area contributed by atoms with E-state index in [1.165, 1.54) is 14.2 Å². The van der Waals surface area contributed by atoms with Crippen molar-refractivity contribution in [2.75, 3.05) is 41.1 Å². The van der Waals surface area contributed by atoms with Gasteiger partial charge in [-0.3, -0.25) is 19.4 Å². The Bertz CT molecular complexity index is 899. The van der Waals surface area contributed by atoms with Crippen molar-refractivity contribution in [3.05, 3.63) is 17.7 Å². The van der Waals surface area contributed by atoms with Crippen LogP contribution in [0.3, 0.4) is 0 Å². The largest absolute Gasteiger partial charge is 0.493 e. The summed E-state index contributed by atoms with van der Waals surface area (Å²) in [5, 5.41) is 0. The zero-order valence-electron chi connectivity index (χ0n) is 19.5. The zero-order valence-corrected chi connectivity index (χ0v) is 19.5. The average Bonchev–Trinajstić information content (AvgIpc) is 3.17. The van der Waals surface area contributed by atoms with Gasteiger partial charge in [0.2, 0.25) is 0 Å². The number of carbonyl (C=O) groups excluding carboxylic acids is 3. The van der Waals surface area contributed by atoms with Crippen LogP contribution >= 0.6 is 0 Å². The third-order valence-corrected chi connectivity index (χ3v) is 6.08. The molecule has 0 saturated carbocycles. The van der Waals surface area contributed by atoms with Crippen molar-refractivity contribution in [3.63, 3.8) is 0 Å². The molecule has 2 aliphatic heterocycles. The highest BCUT2D eigenvalue weighted by Crippen LogP contribution is 2.38. The van der Waals surface area contributed by atoms with E-state index in [0.717, 1.165) is 6.42 Å². The second-order valence-corrected chi connectivity index (χ2v) is 8.19. The number of ether oxygens (including phenoxy) is 4. The number of ketones is 1. The summed E-state index contributed by atoms with van der Waals surface area (Å²) in [5.41, 5.74) is 1.07. The number of hydrogen-bond donors (Lipinski definition) is 0. The molecule has 3 rings (SSSR count). The van der Waals surface area contributed by atoms with Crippen LogP contribution in [0.2, 0.25) is 0 Å². The van der Waals surface area contributed by atoms with E-state index in [-0.39, 0.29) is 36.0 Å². The third kappa shape index (κ3) is 6.10. The molecule has 0 unspecified atom stereocenters. The van der Waals surface area contributed by atoms with Gasteiger partial charge in [0.15, 0.2) is 11.5 Å². The van der Waals surface area contributed by atoms with E-state index in [0.29, 0.717) is 68.2 Å². The van der Waals surface area contributed by atoms with Gasteiger partial charge in [-0.1, -0.05) is 0 Å². The predicted molar refractivity (Wildman–Crippen MR) is 122 cm³/mol. The molecule has 33 heavy (non-hydrogen) atoms. The van der Waals surface area contributed by atoms with Gasteiger partial charge in [0.05, 0.1) is 45.2 Å². The van der Waals surface area contributed by atoms with Crippen molar-refractivity contribution in [3.8, 4) is 11.5 Å². The van der Waals surface area contributed by atoms with Crippen molar-refractivity contribution in [2.24, 2.45) is 10.9 Å². The fraction of sp³-hybridized carbons (Fsp3) is 0.583. The van der Waals surface area contributed by atoms with Crippen LogP contribution in [0.1, 0.15) is 48.9 Å². The Labute approximate surface area is 194 Å². The summed E-state index contributed by atoms with van der Waals surface area (Å²) in [6.45, 7) is 1.61. The van der Waals surface area contributed by atoms with E-state index >= 15 is 0 Å². The zero-order chi connectivity index (χ0) is 23.8. The van der Waals surface area contributed by atoms with Gasteiger partial charge in [-0.05, 0) is 25.3 Å². The Kier molecular flexibility index (Phi) is 8.82. The van der Waals surface area contributed by atoms with Crippen molar-refractivity contribution >= 4 is 29.6 Å². The molecule has 1 aromatic carbocycles. The molecule has 0 bridgehead atoms. The summed E-state index contributed by atoms with van der Waals surface area (Å²) >= 11 is 0. The first kappa shape index (κ1) is 24.7. The molecule has 0 spiro atoms. The normalized spacial score (nSPS) is 19.0. The number of esters is 1. The Balaban J connectivity index is 1.47. The lowest BCUT2D eigenvalue weighted by Gasteiger charge is -2.23. The smallest absolute Gasteiger partial charge is 0.305 e. The molecule has 1 fully saturated rings. The van der Waals surface area contributed by atoms with Gasteiger partial charge in [0.1, 0.15) is 5.78 Å². The van der Waals surface area contributed by atoms with Crippen LogP contribution < -0.4 is 9.47 Å². The summed E-state index contributed by atoms with van der Waals surface area (Å²) in [6.07, 6.45) is 4.88. The van der Waals surface area contributed by atoms with Crippen molar-refractivity contribution in [1.82, 2.24) is 4.90 Å². The molecule has 0 aliphatic carbocycles. The minimum absolute atomic E-state index is 0.0755. The fourth-order valence-electron chi connectivity index (χ4n) is 4.22. The molecule has 9 heteroatoms. The molecular weight excluding hydrogens is 428 g/mol. The first-order valence-electron chi connectivity index (χ1n) is 11.3. The fourth-order valence-corrected chi connectivity index (χ4v) is 4.22. The monoisotopic (exact) mass is 460 g/mol. The van der Waals surface area contributed by atoms with Crippen LogP contribution in [-0.2, 0) is 19.1 Å². The molecule has 9 nitrogen and oxygen atoms in total. The molecule has 1 aromatic rings. The lowest BCUT2D eigenvalue weighted by molar-refractivity contribution is -0.140. The van der Waals surface area contributed by atoms with E-state index in [9.17, 15) is 14.4 Å². The topological polar surface area (TPSA) is 104 Å². The summed E-state index contributed by atoms with van der Waals surface area (Å²) in [7, 11) is 4.43. The quantitative estimate of drug-likeness (QED) is 0.349. The SMILES string of the molecule is COC(=O)CCCC(=O)CCCOC[C@@H]1CCN2C(=O)c3cc(OC)c(OC)cc3N=C[C@H]12. The van der Waals surface area contributed by atoms with Gasteiger partial charge in [0, 0.05) is 50.6 Å².